The number of halogens is 2. The van der Waals surface area contributed by atoms with Crippen LogP contribution in [0.3, 0.4) is 0 Å². The number of hydrogen-bond donors (Lipinski definition) is 1. The smallest absolute Gasteiger partial charge is 0.205 e. The molecule has 4 aromatic rings. The normalized spacial score (nSPS) is 11.0. The highest BCUT2D eigenvalue weighted by atomic mass is 79.9. The third-order valence-electron chi connectivity index (χ3n) is 3.68. The Morgan fingerprint density at radius 2 is 1.46 bits per heavy atom. The molecule has 0 unspecified atom stereocenters. The molecule has 2 aromatic carbocycles. The zero-order valence-corrected chi connectivity index (χ0v) is 18.7. The third-order valence-corrected chi connectivity index (χ3v) is 5.06. The van der Waals surface area contributed by atoms with E-state index in [1.54, 1.807) is 0 Å². The lowest BCUT2D eigenvalue weighted by atomic mass is 10.1. The van der Waals surface area contributed by atoms with Crippen LogP contribution in [0.4, 0.5) is 0 Å². The summed E-state index contributed by atoms with van der Waals surface area (Å²) in [6.45, 7) is 6.22. The van der Waals surface area contributed by atoms with E-state index in [-0.39, 0.29) is 5.54 Å². The quantitative estimate of drug-likeness (QED) is 0.431. The summed E-state index contributed by atoms with van der Waals surface area (Å²) >= 11 is 6.91. The number of rotatable bonds is 2. The molecule has 10 heteroatoms. The molecule has 0 bridgehead atoms. The van der Waals surface area contributed by atoms with E-state index in [4.69, 9.17) is 0 Å². The van der Waals surface area contributed by atoms with Gasteiger partial charge in [0.05, 0.1) is 5.54 Å². The summed E-state index contributed by atoms with van der Waals surface area (Å²) in [5, 5.41) is 25.5. The van der Waals surface area contributed by atoms with Crippen LogP contribution < -0.4 is 0 Å². The number of aromatic nitrogens is 8. The lowest BCUT2D eigenvalue weighted by Gasteiger charge is -2.20. The first-order chi connectivity index (χ1) is 13.4. The van der Waals surface area contributed by atoms with Crippen LogP contribution in [0.1, 0.15) is 20.8 Å². The fourth-order valence-electron chi connectivity index (χ4n) is 2.37. The number of tetrazole rings is 2. The molecule has 0 fully saturated rings. The van der Waals surface area contributed by atoms with Crippen molar-refractivity contribution in [1.82, 2.24) is 40.8 Å². The van der Waals surface area contributed by atoms with Gasteiger partial charge in [0, 0.05) is 20.1 Å². The molecule has 0 amide bonds. The van der Waals surface area contributed by atoms with Crippen molar-refractivity contribution in [2.75, 3.05) is 0 Å². The zero-order chi connectivity index (χ0) is 20.1. The molecular formula is C18H18Br2N8. The maximum atomic E-state index is 4.09. The minimum absolute atomic E-state index is 0.131. The summed E-state index contributed by atoms with van der Waals surface area (Å²) < 4.78 is 3.79. The third kappa shape index (κ3) is 4.68. The molecule has 0 aliphatic rings. The van der Waals surface area contributed by atoms with Gasteiger partial charge in [-0.1, -0.05) is 56.1 Å². The molecule has 4 rings (SSSR count). The van der Waals surface area contributed by atoms with Gasteiger partial charge in [0.25, 0.3) is 0 Å². The Labute approximate surface area is 179 Å². The zero-order valence-electron chi connectivity index (χ0n) is 15.5. The van der Waals surface area contributed by atoms with Gasteiger partial charge in [-0.2, -0.15) is 5.21 Å². The summed E-state index contributed by atoms with van der Waals surface area (Å²) in [7, 11) is 0. The molecular weight excluding hydrogens is 488 g/mol. The summed E-state index contributed by atoms with van der Waals surface area (Å²) in [6.07, 6.45) is 0. The van der Waals surface area contributed by atoms with Crippen molar-refractivity contribution in [3.05, 3.63) is 57.5 Å². The van der Waals surface area contributed by atoms with E-state index in [1.165, 1.54) is 0 Å². The molecule has 0 saturated carbocycles. The fourth-order valence-corrected chi connectivity index (χ4v) is 3.29. The van der Waals surface area contributed by atoms with E-state index in [9.17, 15) is 0 Å². The number of aromatic amines is 1. The first-order valence-corrected chi connectivity index (χ1v) is 9.98. The SMILES string of the molecule is Brc1ccccc1-c1nn[nH]n1.CC(C)(C)n1nnnc1-c1ccccc1Br. The summed E-state index contributed by atoms with van der Waals surface area (Å²) in [5.41, 5.74) is 1.81. The van der Waals surface area contributed by atoms with Crippen LogP contribution in [0, 0.1) is 0 Å². The standard InChI is InChI=1S/C11H13BrN4.C7H5BrN4/c1-11(2,3)16-10(13-14-15-16)8-6-4-5-7-9(8)12;8-6-4-2-1-3-5(6)7-9-11-12-10-7/h4-7H,1-3H3;1-4H,(H,9,10,11,12). The van der Waals surface area contributed by atoms with Crippen molar-refractivity contribution < 1.29 is 0 Å². The second-order valence-corrected chi connectivity index (χ2v) is 8.49. The summed E-state index contributed by atoms with van der Waals surface area (Å²) in [6, 6.07) is 15.7. The fraction of sp³-hybridized carbons (Fsp3) is 0.222. The van der Waals surface area contributed by atoms with Gasteiger partial charge in [0.15, 0.2) is 5.82 Å². The first-order valence-electron chi connectivity index (χ1n) is 8.40. The van der Waals surface area contributed by atoms with Crippen LogP contribution in [-0.4, -0.2) is 40.8 Å². The van der Waals surface area contributed by atoms with E-state index >= 15 is 0 Å². The Kier molecular flexibility index (Phi) is 6.30. The summed E-state index contributed by atoms with van der Waals surface area (Å²) in [4.78, 5) is 0. The predicted molar refractivity (Wildman–Crippen MR) is 113 cm³/mol. The van der Waals surface area contributed by atoms with Gasteiger partial charge in [0.2, 0.25) is 5.82 Å². The van der Waals surface area contributed by atoms with E-state index in [2.05, 4.69) is 88.8 Å². The van der Waals surface area contributed by atoms with Crippen molar-refractivity contribution in [3.8, 4) is 22.8 Å². The van der Waals surface area contributed by atoms with Gasteiger partial charge in [-0.05, 0) is 60.7 Å². The molecule has 0 spiro atoms. The van der Waals surface area contributed by atoms with Crippen molar-refractivity contribution in [3.63, 3.8) is 0 Å². The Bertz CT molecular complexity index is 1040. The van der Waals surface area contributed by atoms with Crippen molar-refractivity contribution in [1.29, 1.82) is 0 Å². The lowest BCUT2D eigenvalue weighted by Crippen LogP contribution is -2.24. The number of nitrogens with zero attached hydrogens (tertiary/aromatic N) is 7. The molecule has 2 aromatic heterocycles. The average Bonchev–Trinajstić information content (AvgIpc) is 3.35. The van der Waals surface area contributed by atoms with Crippen LogP contribution in [-0.2, 0) is 5.54 Å². The lowest BCUT2D eigenvalue weighted by molar-refractivity contribution is 0.351. The summed E-state index contributed by atoms with van der Waals surface area (Å²) in [5.74, 6) is 1.38. The Morgan fingerprint density at radius 1 is 0.857 bits per heavy atom. The Hall–Kier alpha value is -2.46. The Morgan fingerprint density at radius 3 is 2.00 bits per heavy atom. The van der Waals surface area contributed by atoms with E-state index in [0.29, 0.717) is 5.82 Å². The average molecular weight is 506 g/mol. The van der Waals surface area contributed by atoms with Crippen molar-refractivity contribution >= 4 is 31.9 Å². The van der Waals surface area contributed by atoms with Gasteiger partial charge in [-0.3, -0.25) is 0 Å². The van der Waals surface area contributed by atoms with Gasteiger partial charge >= 0.3 is 0 Å². The Balaban J connectivity index is 0.000000167. The maximum absolute atomic E-state index is 4.09. The molecule has 0 aliphatic carbocycles. The van der Waals surface area contributed by atoms with Crippen molar-refractivity contribution in [2.45, 2.75) is 26.3 Å². The van der Waals surface area contributed by atoms with Crippen LogP contribution in [0.15, 0.2) is 57.5 Å². The van der Waals surface area contributed by atoms with E-state index < -0.39 is 0 Å². The molecule has 28 heavy (non-hydrogen) atoms. The molecule has 2 heterocycles. The topological polar surface area (TPSA) is 98.1 Å². The van der Waals surface area contributed by atoms with Gasteiger partial charge in [-0.15, -0.1) is 15.3 Å². The highest BCUT2D eigenvalue weighted by Crippen LogP contribution is 2.28. The van der Waals surface area contributed by atoms with E-state index in [1.807, 2.05) is 53.2 Å². The first kappa shape index (κ1) is 20.3. The number of benzene rings is 2. The van der Waals surface area contributed by atoms with Crippen LogP contribution in [0.2, 0.25) is 0 Å². The number of H-pyrrole nitrogens is 1. The molecule has 0 aliphatic heterocycles. The highest BCUT2D eigenvalue weighted by molar-refractivity contribution is 9.11. The number of hydrogen-bond acceptors (Lipinski definition) is 6. The predicted octanol–water partition coefficient (Wildman–Crippen LogP) is 4.49. The van der Waals surface area contributed by atoms with Gasteiger partial charge < -0.3 is 0 Å². The molecule has 0 saturated heterocycles. The second-order valence-electron chi connectivity index (χ2n) is 6.78. The van der Waals surface area contributed by atoms with Crippen LogP contribution in [0.25, 0.3) is 22.8 Å². The molecule has 144 valence electrons. The monoisotopic (exact) mass is 504 g/mol. The minimum atomic E-state index is -0.131. The van der Waals surface area contributed by atoms with Crippen LogP contribution >= 0.6 is 31.9 Å². The van der Waals surface area contributed by atoms with Crippen molar-refractivity contribution in [2.24, 2.45) is 0 Å². The highest BCUT2D eigenvalue weighted by Gasteiger charge is 2.21. The van der Waals surface area contributed by atoms with Crippen LogP contribution in [0.5, 0.6) is 0 Å². The number of nitrogens with one attached hydrogen (secondary N) is 1. The van der Waals surface area contributed by atoms with Gasteiger partial charge in [-0.25, -0.2) is 4.68 Å². The van der Waals surface area contributed by atoms with Gasteiger partial charge in [0.1, 0.15) is 0 Å². The molecule has 1 N–H and O–H groups in total. The minimum Gasteiger partial charge on any atom is -0.220 e. The molecule has 0 atom stereocenters. The molecule has 0 radical (unpaired) electrons. The molecule has 8 nitrogen and oxygen atoms in total. The largest absolute Gasteiger partial charge is 0.220 e. The second kappa shape index (κ2) is 8.70. The van der Waals surface area contributed by atoms with E-state index in [0.717, 1.165) is 25.9 Å². The maximum Gasteiger partial charge on any atom is 0.205 e.